The topological polar surface area (TPSA) is 46.3 Å². The van der Waals surface area contributed by atoms with E-state index in [4.69, 9.17) is 5.73 Å². The van der Waals surface area contributed by atoms with E-state index in [0.717, 1.165) is 12.1 Å². The molecule has 18 heavy (non-hydrogen) atoms. The van der Waals surface area contributed by atoms with Gasteiger partial charge in [0.25, 0.3) is 0 Å². The van der Waals surface area contributed by atoms with Crippen molar-refractivity contribution >= 4 is 11.6 Å². The monoisotopic (exact) mass is 244 g/mol. The third-order valence-corrected chi connectivity index (χ3v) is 4.74. The van der Waals surface area contributed by atoms with Gasteiger partial charge in [0.1, 0.15) is 0 Å². The van der Waals surface area contributed by atoms with Crippen LogP contribution in [-0.2, 0) is 16.6 Å². The summed E-state index contributed by atoms with van der Waals surface area (Å²) >= 11 is 0. The van der Waals surface area contributed by atoms with Gasteiger partial charge >= 0.3 is 0 Å². The van der Waals surface area contributed by atoms with Crippen LogP contribution in [0.5, 0.6) is 0 Å². The summed E-state index contributed by atoms with van der Waals surface area (Å²) in [7, 11) is 1.87. The molecule has 1 aromatic rings. The standard InChI is InChI=1S/C15H20N2O/c1-17-13-9-12(15(10-16)7-2-8-15)5-3-11(13)4-6-14(17)18/h3,5,9H,2,4,6-8,10,16H2,1H3. The van der Waals surface area contributed by atoms with Crippen molar-refractivity contribution in [3.63, 3.8) is 0 Å². The highest BCUT2D eigenvalue weighted by Gasteiger charge is 2.38. The molecule has 96 valence electrons. The van der Waals surface area contributed by atoms with Gasteiger partial charge in [0.2, 0.25) is 5.91 Å². The van der Waals surface area contributed by atoms with E-state index >= 15 is 0 Å². The minimum Gasteiger partial charge on any atom is -0.330 e. The summed E-state index contributed by atoms with van der Waals surface area (Å²) in [6, 6.07) is 6.59. The molecule has 3 heteroatoms. The molecule has 1 aromatic carbocycles. The van der Waals surface area contributed by atoms with Crippen molar-refractivity contribution in [1.29, 1.82) is 0 Å². The van der Waals surface area contributed by atoms with Crippen LogP contribution in [0, 0.1) is 0 Å². The number of anilines is 1. The van der Waals surface area contributed by atoms with E-state index in [1.54, 1.807) is 4.90 Å². The number of carbonyl (C=O) groups excluding carboxylic acids is 1. The van der Waals surface area contributed by atoms with Gasteiger partial charge in [-0.05, 0) is 36.5 Å². The molecule has 1 aliphatic carbocycles. The summed E-state index contributed by atoms with van der Waals surface area (Å²) in [5, 5.41) is 0. The van der Waals surface area contributed by atoms with Crippen molar-refractivity contribution in [2.45, 2.75) is 37.5 Å². The molecule has 0 spiro atoms. The number of rotatable bonds is 2. The van der Waals surface area contributed by atoms with Gasteiger partial charge in [-0.25, -0.2) is 0 Å². The molecule has 0 unspecified atom stereocenters. The smallest absolute Gasteiger partial charge is 0.227 e. The number of benzene rings is 1. The average Bonchev–Trinajstić information content (AvgIpc) is 2.34. The van der Waals surface area contributed by atoms with Crippen molar-refractivity contribution in [1.82, 2.24) is 0 Å². The van der Waals surface area contributed by atoms with Crippen LogP contribution in [0.3, 0.4) is 0 Å². The van der Waals surface area contributed by atoms with E-state index in [0.29, 0.717) is 13.0 Å². The number of aryl methyl sites for hydroxylation is 1. The molecule has 1 aliphatic heterocycles. The van der Waals surface area contributed by atoms with E-state index < -0.39 is 0 Å². The lowest BCUT2D eigenvalue weighted by Gasteiger charge is -2.42. The van der Waals surface area contributed by atoms with Crippen LogP contribution in [-0.4, -0.2) is 19.5 Å². The quantitative estimate of drug-likeness (QED) is 0.864. The van der Waals surface area contributed by atoms with Gasteiger partial charge in [0.05, 0.1) is 0 Å². The van der Waals surface area contributed by atoms with Gasteiger partial charge in [-0.15, -0.1) is 0 Å². The lowest BCUT2D eigenvalue weighted by atomic mass is 9.64. The van der Waals surface area contributed by atoms with Crippen molar-refractivity contribution in [2.75, 3.05) is 18.5 Å². The Kier molecular flexibility index (Phi) is 2.67. The Hall–Kier alpha value is -1.35. The summed E-state index contributed by atoms with van der Waals surface area (Å²) in [5.74, 6) is 0.218. The van der Waals surface area contributed by atoms with Gasteiger partial charge in [0, 0.05) is 31.1 Å². The third-order valence-electron chi connectivity index (χ3n) is 4.74. The summed E-state index contributed by atoms with van der Waals surface area (Å²) in [5.41, 5.74) is 9.82. The maximum absolute atomic E-state index is 11.8. The van der Waals surface area contributed by atoms with Crippen LogP contribution < -0.4 is 10.6 Å². The van der Waals surface area contributed by atoms with E-state index in [1.807, 2.05) is 7.05 Å². The highest BCUT2D eigenvalue weighted by Crippen LogP contribution is 2.44. The van der Waals surface area contributed by atoms with E-state index in [-0.39, 0.29) is 11.3 Å². The van der Waals surface area contributed by atoms with Crippen LogP contribution in [0.2, 0.25) is 0 Å². The summed E-state index contributed by atoms with van der Waals surface area (Å²) in [6.07, 6.45) is 5.13. The molecule has 1 amide bonds. The number of hydrogen-bond donors (Lipinski definition) is 1. The number of carbonyl (C=O) groups is 1. The molecule has 1 fully saturated rings. The molecular formula is C15H20N2O. The first-order valence-electron chi connectivity index (χ1n) is 6.76. The molecule has 3 nitrogen and oxygen atoms in total. The van der Waals surface area contributed by atoms with E-state index in [9.17, 15) is 4.79 Å². The third kappa shape index (κ3) is 1.57. The maximum atomic E-state index is 11.8. The molecule has 0 bridgehead atoms. The minimum atomic E-state index is 0.177. The second-order valence-electron chi connectivity index (χ2n) is 5.63. The summed E-state index contributed by atoms with van der Waals surface area (Å²) in [4.78, 5) is 13.6. The Morgan fingerprint density at radius 3 is 2.72 bits per heavy atom. The number of amides is 1. The molecule has 2 N–H and O–H groups in total. The second-order valence-corrected chi connectivity index (χ2v) is 5.63. The van der Waals surface area contributed by atoms with Crippen molar-refractivity contribution in [3.8, 4) is 0 Å². The lowest BCUT2D eigenvalue weighted by Crippen LogP contribution is -2.42. The van der Waals surface area contributed by atoms with E-state index in [2.05, 4.69) is 18.2 Å². The van der Waals surface area contributed by atoms with Crippen molar-refractivity contribution < 1.29 is 4.79 Å². The van der Waals surface area contributed by atoms with Crippen LogP contribution in [0.4, 0.5) is 5.69 Å². The highest BCUT2D eigenvalue weighted by molar-refractivity contribution is 5.96. The van der Waals surface area contributed by atoms with Crippen LogP contribution >= 0.6 is 0 Å². The molecule has 0 saturated heterocycles. The lowest BCUT2D eigenvalue weighted by molar-refractivity contribution is -0.118. The number of hydrogen-bond acceptors (Lipinski definition) is 2. The van der Waals surface area contributed by atoms with Gasteiger partial charge in [0.15, 0.2) is 0 Å². The van der Waals surface area contributed by atoms with Gasteiger partial charge in [-0.2, -0.15) is 0 Å². The molecule has 0 atom stereocenters. The Labute approximate surface area is 108 Å². The number of fused-ring (bicyclic) bond motifs is 1. The van der Waals surface area contributed by atoms with Gasteiger partial charge in [-0.3, -0.25) is 4.79 Å². The van der Waals surface area contributed by atoms with Crippen molar-refractivity contribution in [3.05, 3.63) is 29.3 Å². The van der Waals surface area contributed by atoms with Gasteiger partial charge in [-0.1, -0.05) is 18.6 Å². The summed E-state index contributed by atoms with van der Waals surface area (Å²) in [6.45, 7) is 0.712. The van der Waals surface area contributed by atoms with Gasteiger partial charge < -0.3 is 10.6 Å². The molecule has 2 aliphatic rings. The fraction of sp³-hybridized carbons (Fsp3) is 0.533. The van der Waals surface area contributed by atoms with Crippen LogP contribution in [0.1, 0.15) is 36.8 Å². The Balaban J connectivity index is 2.02. The molecule has 3 rings (SSSR count). The normalized spacial score (nSPS) is 21.4. The SMILES string of the molecule is CN1C(=O)CCc2ccc(C3(CN)CCC3)cc21. The van der Waals surface area contributed by atoms with Crippen LogP contribution in [0.25, 0.3) is 0 Å². The molecule has 0 radical (unpaired) electrons. The zero-order chi connectivity index (χ0) is 12.8. The molecule has 1 saturated carbocycles. The largest absolute Gasteiger partial charge is 0.330 e. The molecular weight excluding hydrogens is 224 g/mol. The number of nitrogens with zero attached hydrogens (tertiary/aromatic N) is 1. The predicted octanol–water partition coefficient (Wildman–Crippen LogP) is 1.98. The number of nitrogens with two attached hydrogens (primary N) is 1. The second kappa shape index (κ2) is 4.09. The molecule has 1 heterocycles. The Bertz CT molecular complexity index is 486. The maximum Gasteiger partial charge on any atom is 0.227 e. The zero-order valence-corrected chi connectivity index (χ0v) is 10.9. The van der Waals surface area contributed by atoms with Crippen molar-refractivity contribution in [2.24, 2.45) is 5.73 Å². The minimum absolute atomic E-state index is 0.177. The first kappa shape index (κ1) is 11.7. The average molecular weight is 244 g/mol. The van der Waals surface area contributed by atoms with Crippen LogP contribution in [0.15, 0.2) is 18.2 Å². The fourth-order valence-corrected chi connectivity index (χ4v) is 3.18. The fourth-order valence-electron chi connectivity index (χ4n) is 3.18. The van der Waals surface area contributed by atoms with E-state index in [1.165, 1.54) is 30.4 Å². The first-order valence-corrected chi connectivity index (χ1v) is 6.76. The Morgan fingerprint density at radius 1 is 1.33 bits per heavy atom. The predicted molar refractivity (Wildman–Crippen MR) is 72.8 cm³/mol. The Morgan fingerprint density at radius 2 is 2.11 bits per heavy atom. The zero-order valence-electron chi connectivity index (χ0n) is 10.9. The molecule has 0 aromatic heterocycles. The highest BCUT2D eigenvalue weighted by atomic mass is 16.2. The first-order chi connectivity index (χ1) is 8.66. The summed E-state index contributed by atoms with van der Waals surface area (Å²) < 4.78 is 0.